The van der Waals surface area contributed by atoms with Crippen LogP contribution < -0.4 is 25.7 Å². The zero-order valence-corrected chi connectivity index (χ0v) is 33.7. The lowest BCUT2D eigenvalue weighted by Crippen LogP contribution is -2.25. The maximum atomic E-state index is 14.6. The van der Waals surface area contributed by atoms with Crippen LogP contribution in [0.4, 0.5) is 11.4 Å². The van der Waals surface area contributed by atoms with Crippen LogP contribution in [-0.2, 0) is 6.54 Å². The van der Waals surface area contributed by atoms with E-state index < -0.39 is 0 Å². The molecule has 0 spiro atoms. The lowest BCUT2D eigenvalue weighted by Gasteiger charge is -2.21. The van der Waals surface area contributed by atoms with E-state index in [4.69, 9.17) is 14.7 Å². The van der Waals surface area contributed by atoms with Crippen LogP contribution in [0, 0.1) is 6.92 Å². The molecule has 0 saturated heterocycles. The number of hydrogen-bond acceptors (Lipinski definition) is 7. The number of fused-ring (bicyclic) bond motifs is 2. The highest BCUT2D eigenvalue weighted by Crippen LogP contribution is 2.25. The van der Waals surface area contributed by atoms with Crippen molar-refractivity contribution in [3.63, 3.8) is 0 Å². The van der Waals surface area contributed by atoms with Crippen LogP contribution in [0.15, 0.2) is 149 Å². The first kappa shape index (κ1) is 38.4. The van der Waals surface area contributed by atoms with Crippen molar-refractivity contribution in [1.29, 1.82) is 0 Å². The minimum Gasteiger partial charge on any atom is -0.497 e. The molecule has 0 aliphatic heterocycles. The molecule has 0 atom stereocenters. The van der Waals surface area contributed by atoms with Crippen molar-refractivity contribution in [3.05, 3.63) is 194 Å². The van der Waals surface area contributed by atoms with Crippen LogP contribution in [0.25, 0.3) is 57.5 Å². The van der Waals surface area contributed by atoms with Crippen LogP contribution in [0.3, 0.4) is 0 Å². The number of rotatable bonds is 11. The zero-order chi connectivity index (χ0) is 41.0. The molecule has 0 amide bonds. The Morgan fingerprint density at radius 1 is 0.593 bits per heavy atom. The molecule has 0 aliphatic carbocycles. The molecule has 0 bridgehead atoms. The van der Waals surface area contributed by atoms with Gasteiger partial charge in [-0.05, 0) is 114 Å². The lowest BCUT2D eigenvalue weighted by atomic mass is 10.1. The molecule has 9 heteroatoms. The Hall–Kier alpha value is -7.52. The van der Waals surface area contributed by atoms with E-state index in [1.54, 1.807) is 16.2 Å². The monoisotopic (exact) mass is 776 g/mol. The maximum absolute atomic E-state index is 14.6. The van der Waals surface area contributed by atoms with Crippen LogP contribution in [0.1, 0.15) is 33.9 Å². The molecular weight excluding hydrogens is 733 g/mol. The molecular formula is C50H44N6O3. The zero-order valence-electron chi connectivity index (χ0n) is 33.7. The highest BCUT2D eigenvalue weighted by molar-refractivity contribution is 5.84. The second-order valence-corrected chi connectivity index (χ2v) is 14.6. The molecule has 0 fully saturated rings. The van der Waals surface area contributed by atoms with Crippen molar-refractivity contribution in [2.24, 2.45) is 0 Å². The second-order valence-electron chi connectivity index (χ2n) is 14.6. The lowest BCUT2D eigenvalue weighted by molar-refractivity contribution is 0.414. The van der Waals surface area contributed by atoms with Gasteiger partial charge < -0.3 is 14.5 Å². The molecule has 0 radical (unpaired) electrons. The van der Waals surface area contributed by atoms with Gasteiger partial charge in [0.1, 0.15) is 17.4 Å². The Morgan fingerprint density at radius 3 is 1.85 bits per heavy atom. The van der Waals surface area contributed by atoms with Gasteiger partial charge in [-0.15, -0.1) is 0 Å². The third kappa shape index (κ3) is 7.91. The fraction of sp³-hybridized carbons (Fsp3) is 0.120. The van der Waals surface area contributed by atoms with Crippen molar-refractivity contribution >= 4 is 57.5 Å². The highest BCUT2D eigenvalue weighted by atomic mass is 16.5. The number of ether oxygens (including phenoxy) is 1. The summed E-state index contributed by atoms with van der Waals surface area (Å²) >= 11 is 0. The van der Waals surface area contributed by atoms with E-state index in [0.717, 1.165) is 39.3 Å². The summed E-state index contributed by atoms with van der Waals surface area (Å²) in [5.41, 5.74) is 8.36. The predicted molar refractivity (Wildman–Crippen MR) is 243 cm³/mol. The fourth-order valence-electron chi connectivity index (χ4n) is 7.26. The average Bonchev–Trinajstić information content (AvgIpc) is 3.26. The summed E-state index contributed by atoms with van der Waals surface area (Å²) in [7, 11) is 7.66. The first-order valence-corrected chi connectivity index (χ1v) is 19.4. The summed E-state index contributed by atoms with van der Waals surface area (Å²) in [6.07, 6.45) is 7.73. The van der Waals surface area contributed by atoms with E-state index in [0.29, 0.717) is 51.4 Å². The van der Waals surface area contributed by atoms with E-state index in [9.17, 15) is 9.59 Å². The highest BCUT2D eigenvalue weighted by Gasteiger charge is 2.17. The van der Waals surface area contributed by atoms with E-state index in [2.05, 4.69) is 34.1 Å². The number of hydrogen-bond donors (Lipinski definition) is 0. The summed E-state index contributed by atoms with van der Waals surface area (Å²) < 4.78 is 8.76. The van der Waals surface area contributed by atoms with Gasteiger partial charge in [-0.2, -0.15) is 0 Å². The molecule has 2 heterocycles. The average molecular weight is 777 g/mol. The van der Waals surface area contributed by atoms with Gasteiger partial charge in [-0.3, -0.25) is 18.7 Å². The molecule has 292 valence electrons. The summed E-state index contributed by atoms with van der Waals surface area (Å²) in [6.45, 7) is 2.47. The van der Waals surface area contributed by atoms with Crippen molar-refractivity contribution in [2.75, 3.05) is 38.1 Å². The van der Waals surface area contributed by atoms with Crippen LogP contribution in [0.2, 0.25) is 0 Å². The molecule has 9 nitrogen and oxygen atoms in total. The third-order valence-electron chi connectivity index (χ3n) is 10.5. The molecule has 0 aliphatic rings. The molecule has 2 aromatic heterocycles. The summed E-state index contributed by atoms with van der Waals surface area (Å²) in [4.78, 5) is 42.5. The van der Waals surface area contributed by atoms with Gasteiger partial charge in [0.05, 0.1) is 40.3 Å². The van der Waals surface area contributed by atoms with Crippen LogP contribution in [-0.4, -0.2) is 47.4 Å². The van der Waals surface area contributed by atoms with Gasteiger partial charge in [0.15, 0.2) is 0 Å². The van der Waals surface area contributed by atoms with E-state index in [1.165, 1.54) is 0 Å². The molecule has 8 aromatic rings. The quantitative estimate of drug-likeness (QED) is 0.129. The van der Waals surface area contributed by atoms with E-state index in [-0.39, 0.29) is 11.1 Å². The molecule has 0 N–H and O–H groups in total. The SMILES string of the molecule is COc1ccc(-n2c(C=Cc3ccc(N(C)C)cc3)nc3cccc(CN(C)c4ccc(C=Cc5nc6ccccc6c(=O)n5-c5ccccc5C)cc4)c3c2=O)cc1. The number of aromatic nitrogens is 4. The molecule has 59 heavy (non-hydrogen) atoms. The molecule has 0 saturated carbocycles. The molecule has 0 unspecified atom stereocenters. The van der Waals surface area contributed by atoms with Gasteiger partial charge in [-0.1, -0.05) is 78.9 Å². The fourth-order valence-corrected chi connectivity index (χ4v) is 7.26. The van der Waals surface area contributed by atoms with Crippen molar-refractivity contribution in [1.82, 2.24) is 19.1 Å². The van der Waals surface area contributed by atoms with Gasteiger partial charge in [0.25, 0.3) is 11.1 Å². The van der Waals surface area contributed by atoms with Crippen molar-refractivity contribution in [2.45, 2.75) is 13.5 Å². The Balaban J connectivity index is 1.10. The number of methoxy groups -OCH3 is 1. The largest absolute Gasteiger partial charge is 0.497 e. The number of benzene rings is 6. The Kier molecular flexibility index (Phi) is 10.7. The molecule has 8 rings (SSSR count). The second kappa shape index (κ2) is 16.5. The summed E-state index contributed by atoms with van der Waals surface area (Å²) in [5.74, 6) is 1.77. The Labute approximate surface area is 343 Å². The standard InChI is InChI=1S/C50H44N6O3/c1-34-11-6-9-16-45(34)56-47(51-43-14-8-7-13-42(43)49(56)57)32-22-36-19-25-39(26-20-36)54(4)33-37-12-10-15-44-48(37)50(58)55(40-27-29-41(59-5)30-28-40)46(52-44)31-21-35-17-23-38(24-18-35)53(2)3/h6-32H,33H2,1-5H3. The minimum atomic E-state index is -0.154. The van der Waals surface area contributed by atoms with Gasteiger partial charge in [-0.25, -0.2) is 9.97 Å². The van der Waals surface area contributed by atoms with Crippen molar-refractivity contribution < 1.29 is 4.74 Å². The Bertz CT molecular complexity index is 2980. The van der Waals surface area contributed by atoms with Crippen molar-refractivity contribution in [3.8, 4) is 17.1 Å². The number of para-hydroxylation sites is 2. The smallest absolute Gasteiger partial charge is 0.266 e. The van der Waals surface area contributed by atoms with E-state index >= 15 is 0 Å². The molecule has 6 aromatic carbocycles. The predicted octanol–water partition coefficient (Wildman–Crippen LogP) is 9.45. The van der Waals surface area contributed by atoms with Gasteiger partial charge >= 0.3 is 0 Å². The number of aryl methyl sites for hydroxylation is 1. The number of anilines is 2. The summed E-state index contributed by atoms with van der Waals surface area (Å²) in [6, 6.07) is 44.9. The summed E-state index contributed by atoms with van der Waals surface area (Å²) in [5, 5.41) is 1.13. The van der Waals surface area contributed by atoms with Gasteiger partial charge in [0.2, 0.25) is 0 Å². The normalized spacial score (nSPS) is 11.5. The minimum absolute atomic E-state index is 0.111. The van der Waals surface area contributed by atoms with E-state index in [1.807, 2.05) is 168 Å². The topological polar surface area (TPSA) is 85.5 Å². The number of nitrogens with zero attached hydrogens (tertiary/aromatic N) is 6. The Morgan fingerprint density at radius 2 is 1.19 bits per heavy atom. The van der Waals surface area contributed by atoms with Crippen LogP contribution >= 0.6 is 0 Å². The maximum Gasteiger partial charge on any atom is 0.266 e. The van der Waals surface area contributed by atoms with Gasteiger partial charge in [0, 0.05) is 39.1 Å². The third-order valence-corrected chi connectivity index (χ3v) is 10.5. The van der Waals surface area contributed by atoms with Crippen LogP contribution in [0.5, 0.6) is 5.75 Å². The first-order valence-electron chi connectivity index (χ1n) is 19.4. The first-order chi connectivity index (χ1) is 28.7.